The van der Waals surface area contributed by atoms with Gasteiger partial charge in [0.15, 0.2) is 0 Å². The molecule has 1 atom stereocenters. The molecule has 1 aromatic heterocycles. The third-order valence-corrected chi connectivity index (χ3v) is 2.07. The molecule has 0 amide bonds. The van der Waals surface area contributed by atoms with Gasteiger partial charge in [-0.15, -0.1) is 0 Å². The van der Waals surface area contributed by atoms with E-state index in [0.717, 1.165) is 0 Å². The zero-order valence-electron chi connectivity index (χ0n) is 7.57. The first-order chi connectivity index (χ1) is 6.03. The van der Waals surface area contributed by atoms with Crippen LogP contribution in [0, 0.1) is 0 Å². The number of hydrogen-bond donors (Lipinski definition) is 2. The summed E-state index contributed by atoms with van der Waals surface area (Å²) < 4.78 is 1.71. The van der Waals surface area contributed by atoms with Crippen molar-refractivity contribution in [3.05, 3.63) is 17.4 Å². The van der Waals surface area contributed by atoms with Crippen LogP contribution >= 0.6 is 11.6 Å². The second-order valence-corrected chi connectivity index (χ2v) is 3.92. The van der Waals surface area contributed by atoms with E-state index in [0.29, 0.717) is 18.0 Å². The summed E-state index contributed by atoms with van der Waals surface area (Å²) in [6.07, 6.45) is 3.98. The van der Waals surface area contributed by atoms with Crippen LogP contribution in [0.3, 0.4) is 0 Å². The van der Waals surface area contributed by atoms with E-state index in [2.05, 4.69) is 5.10 Å². The Labute approximate surface area is 82.3 Å². The van der Waals surface area contributed by atoms with Gasteiger partial charge in [0.2, 0.25) is 0 Å². The molecule has 0 bridgehead atoms. The highest BCUT2D eigenvalue weighted by Crippen LogP contribution is 2.09. The van der Waals surface area contributed by atoms with Crippen molar-refractivity contribution in [2.75, 3.05) is 6.61 Å². The van der Waals surface area contributed by atoms with Gasteiger partial charge in [-0.1, -0.05) is 11.6 Å². The fourth-order valence-corrected chi connectivity index (χ4v) is 1.07. The molecule has 13 heavy (non-hydrogen) atoms. The largest absolute Gasteiger partial charge is 0.394 e. The minimum absolute atomic E-state index is 0.0258. The molecule has 3 N–H and O–H groups in total. The first kappa shape index (κ1) is 10.5. The number of hydrogen-bond acceptors (Lipinski definition) is 3. The van der Waals surface area contributed by atoms with E-state index in [9.17, 15) is 0 Å². The molecule has 0 radical (unpaired) electrons. The van der Waals surface area contributed by atoms with Crippen molar-refractivity contribution >= 4 is 11.6 Å². The molecule has 0 fully saturated rings. The van der Waals surface area contributed by atoms with Crippen molar-refractivity contribution in [3.63, 3.8) is 0 Å². The fraction of sp³-hybridized carbons (Fsp3) is 0.625. The lowest BCUT2D eigenvalue weighted by atomic mass is 10.0. The molecule has 0 aliphatic heterocycles. The van der Waals surface area contributed by atoms with E-state index in [4.69, 9.17) is 22.4 Å². The summed E-state index contributed by atoms with van der Waals surface area (Å²) in [6, 6.07) is 0. The summed E-state index contributed by atoms with van der Waals surface area (Å²) in [4.78, 5) is 0. The molecule has 1 aromatic rings. The zero-order valence-corrected chi connectivity index (χ0v) is 8.33. The molecule has 0 saturated carbocycles. The van der Waals surface area contributed by atoms with E-state index >= 15 is 0 Å². The SMILES string of the molecule is CC(N)(CO)CCn1cc(Cl)cn1. The van der Waals surface area contributed by atoms with Gasteiger partial charge in [0.1, 0.15) is 0 Å². The molecular formula is C8H14ClN3O. The fourth-order valence-electron chi connectivity index (χ4n) is 0.910. The molecule has 0 aromatic carbocycles. The van der Waals surface area contributed by atoms with Gasteiger partial charge in [-0.05, 0) is 13.3 Å². The Hall–Kier alpha value is -0.580. The van der Waals surface area contributed by atoms with Crippen LogP contribution in [0.15, 0.2) is 12.4 Å². The highest BCUT2D eigenvalue weighted by molar-refractivity contribution is 6.30. The number of aliphatic hydroxyl groups is 1. The van der Waals surface area contributed by atoms with E-state index in [-0.39, 0.29) is 6.61 Å². The number of nitrogens with zero attached hydrogens (tertiary/aromatic N) is 2. The van der Waals surface area contributed by atoms with Crippen LogP contribution in [0.5, 0.6) is 0 Å². The third-order valence-electron chi connectivity index (χ3n) is 1.87. The maximum atomic E-state index is 8.90. The van der Waals surface area contributed by atoms with Crippen molar-refractivity contribution < 1.29 is 5.11 Å². The lowest BCUT2D eigenvalue weighted by Gasteiger charge is -2.21. The standard InChI is InChI=1S/C8H14ClN3O/c1-8(10,6-13)2-3-12-5-7(9)4-11-12/h4-5,13H,2-3,6,10H2,1H3. The van der Waals surface area contributed by atoms with Crippen molar-refractivity contribution in [1.82, 2.24) is 9.78 Å². The van der Waals surface area contributed by atoms with Crippen molar-refractivity contribution in [2.45, 2.75) is 25.4 Å². The molecular weight excluding hydrogens is 190 g/mol. The molecule has 4 nitrogen and oxygen atoms in total. The minimum atomic E-state index is -0.543. The maximum absolute atomic E-state index is 8.90. The van der Waals surface area contributed by atoms with E-state index < -0.39 is 5.54 Å². The summed E-state index contributed by atoms with van der Waals surface area (Å²) in [5.41, 5.74) is 5.20. The Balaban J connectivity index is 2.43. The van der Waals surface area contributed by atoms with Crippen molar-refractivity contribution in [2.24, 2.45) is 5.73 Å². The highest BCUT2D eigenvalue weighted by atomic mass is 35.5. The zero-order chi connectivity index (χ0) is 9.90. The predicted octanol–water partition coefficient (Wildman–Crippen LogP) is 0.636. The van der Waals surface area contributed by atoms with Gasteiger partial charge in [0, 0.05) is 18.3 Å². The minimum Gasteiger partial charge on any atom is -0.394 e. The highest BCUT2D eigenvalue weighted by Gasteiger charge is 2.16. The maximum Gasteiger partial charge on any atom is 0.0785 e. The second-order valence-electron chi connectivity index (χ2n) is 3.48. The van der Waals surface area contributed by atoms with Gasteiger partial charge in [0.25, 0.3) is 0 Å². The molecule has 1 rings (SSSR count). The Morgan fingerprint density at radius 2 is 2.46 bits per heavy atom. The molecule has 0 aliphatic carbocycles. The van der Waals surface area contributed by atoms with Crippen LogP contribution in [0.2, 0.25) is 5.02 Å². The Morgan fingerprint density at radius 1 is 1.77 bits per heavy atom. The quantitative estimate of drug-likeness (QED) is 0.755. The van der Waals surface area contributed by atoms with Crippen LogP contribution in [-0.2, 0) is 6.54 Å². The molecule has 1 unspecified atom stereocenters. The Morgan fingerprint density at radius 3 is 2.92 bits per heavy atom. The first-order valence-corrected chi connectivity index (χ1v) is 4.49. The van der Waals surface area contributed by atoms with Crippen LogP contribution in [0.4, 0.5) is 0 Å². The summed E-state index contributed by atoms with van der Waals surface area (Å²) in [7, 11) is 0. The van der Waals surface area contributed by atoms with Crippen LogP contribution in [0.25, 0.3) is 0 Å². The van der Waals surface area contributed by atoms with Crippen LogP contribution in [-0.4, -0.2) is 27.0 Å². The summed E-state index contributed by atoms with van der Waals surface area (Å²) in [6.45, 7) is 2.44. The number of aromatic nitrogens is 2. The smallest absolute Gasteiger partial charge is 0.0785 e. The Bertz CT molecular complexity index is 272. The van der Waals surface area contributed by atoms with Gasteiger partial charge in [0.05, 0.1) is 17.8 Å². The lowest BCUT2D eigenvalue weighted by molar-refractivity contribution is 0.194. The molecule has 0 saturated heterocycles. The number of halogens is 1. The molecule has 0 aliphatic rings. The van der Waals surface area contributed by atoms with Crippen molar-refractivity contribution in [1.29, 1.82) is 0 Å². The monoisotopic (exact) mass is 203 g/mol. The second kappa shape index (κ2) is 4.09. The van der Waals surface area contributed by atoms with Gasteiger partial charge in [-0.3, -0.25) is 4.68 Å². The van der Waals surface area contributed by atoms with E-state index in [1.807, 2.05) is 0 Å². The average Bonchev–Trinajstić information content (AvgIpc) is 2.48. The Kier molecular flexibility index (Phi) is 3.30. The number of aliphatic hydroxyl groups excluding tert-OH is 1. The number of nitrogens with two attached hydrogens (primary N) is 1. The number of rotatable bonds is 4. The molecule has 74 valence electrons. The molecule has 1 heterocycles. The van der Waals surface area contributed by atoms with Gasteiger partial charge in [-0.2, -0.15) is 5.10 Å². The van der Waals surface area contributed by atoms with Gasteiger partial charge >= 0.3 is 0 Å². The van der Waals surface area contributed by atoms with E-state index in [1.165, 1.54) is 0 Å². The van der Waals surface area contributed by atoms with Crippen LogP contribution in [0.1, 0.15) is 13.3 Å². The summed E-state index contributed by atoms with van der Waals surface area (Å²) in [5.74, 6) is 0. The van der Waals surface area contributed by atoms with Gasteiger partial charge in [-0.25, -0.2) is 0 Å². The summed E-state index contributed by atoms with van der Waals surface area (Å²) in [5, 5.41) is 13.5. The molecule has 0 spiro atoms. The summed E-state index contributed by atoms with van der Waals surface area (Å²) >= 11 is 5.68. The predicted molar refractivity (Wildman–Crippen MR) is 51.5 cm³/mol. The van der Waals surface area contributed by atoms with E-state index in [1.54, 1.807) is 24.0 Å². The topological polar surface area (TPSA) is 64.1 Å². The molecule has 5 heteroatoms. The third kappa shape index (κ3) is 3.34. The van der Waals surface area contributed by atoms with Gasteiger partial charge < -0.3 is 10.8 Å². The van der Waals surface area contributed by atoms with Crippen LogP contribution < -0.4 is 5.73 Å². The normalized spacial score (nSPS) is 15.7. The lowest BCUT2D eigenvalue weighted by Crippen LogP contribution is -2.41. The average molecular weight is 204 g/mol. The van der Waals surface area contributed by atoms with Crippen molar-refractivity contribution in [3.8, 4) is 0 Å². The first-order valence-electron chi connectivity index (χ1n) is 4.11. The number of aryl methyl sites for hydroxylation is 1.